The van der Waals surface area contributed by atoms with Crippen LogP contribution in [0, 0.1) is 3.57 Å². The van der Waals surface area contributed by atoms with Crippen LogP contribution < -0.4 is 4.74 Å². The van der Waals surface area contributed by atoms with E-state index in [0.717, 1.165) is 6.07 Å². The van der Waals surface area contributed by atoms with Gasteiger partial charge in [0.2, 0.25) is 0 Å². The maximum Gasteiger partial charge on any atom is 0.573 e. The summed E-state index contributed by atoms with van der Waals surface area (Å²) in [5, 5.41) is 0.127. The van der Waals surface area contributed by atoms with Crippen LogP contribution in [0.25, 0.3) is 0 Å². The Morgan fingerprint density at radius 1 is 1.44 bits per heavy atom. The molecule has 16 heavy (non-hydrogen) atoms. The quantitative estimate of drug-likeness (QED) is 0.432. The molecule has 7 heteroatoms. The molecule has 0 saturated carbocycles. The zero-order valence-electron chi connectivity index (χ0n) is 7.65. The number of hydrogen-bond donors (Lipinski definition) is 0. The van der Waals surface area contributed by atoms with Crippen molar-refractivity contribution in [2.75, 3.05) is 5.33 Å². The zero-order chi connectivity index (χ0) is 12.3. The maximum absolute atomic E-state index is 11.9. The average Bonchev–Trinajstić information content (AvgIpc) is 2.14. The molecule has 88 valence electrons. The first-order chi connectivity index (χ1) is 7.33. The second kappa shape index (κ2) is 5.35. The van der Waals surface area contributed by atoms with Crippen molar-refractivity contribution in [1.29, 1.82) is 0 Å². The predicted octanol–water partition coefficient (Wildman–Crippen LogP) is 3.77. The van der Waals surface area contributed by atoms with E-state index in [1.165, 1.54) is 12.1 Å². The van der Waals surface area contributed by atoms with Crippen LogP contribution in [0.5, 0.6) is 5.75 Å². The van der Waals surface area contributed by atoms with Gasteiger partial charge < -0.3 is 4.74 Å². The van der Waals surface area contributed by atoms with Crippen molar-refractivity contribution in [3.63, 3.8) is 0 Å². The molecule has 0 aliphatic heterocycles. The lowest BCUT2D eigenvalue weighted by atomic mass is 10.1. The summed E-state index contributed by atoms with van der Waals surface area (Å²) >= 11 is 4.78. The van der Waals surface area contributed by atoms with Crippen LogP contribution >= 0.6 is 38.5 Å². The average molecular weight is 409 g/mol. The smallest absolute Gasteiger partial charge is 0.406 e. The van der Waals surface area contributed by atoms with Crippen LogP contribution in [0.3, 0.4) is 0 Å². The number of rotatable bonds is 3. The second-order valence-corrected chi connectivity index (χ2v) is 4.47. The number of benzene rings is 1. The molecule has 0 heterocycles. The van der Waals surface area contributed by atoms with E-state index < -0.39 is 6.36 Å². The number of alkyl halides is 4. The second-order valence-electron chi connectivity index (χ2n) is 2.75. The third-order valence-electron chi connectivity index (χ3n) is 1.60. The van der Waals surface area contributed by atoms with Gasteiger partial charge in [0, 0.05) is 9.13 Å². The lowest BCUT2D eigenvalue weighted by Crippen LogP contribution is -2.17. The Morgan fingerprint density at radius 3 is 2.50 bits per heavy atom. The van der Waals surface area contributed by atoms with Crippen molar-refractivity contribution in [1.82, 2.24) is 0 Å². The van der Waals surface area contributed by atoms with Crippen molar-refractivity contribution in [2.45, 2.75) is 6.36 Å². The minimum Gasteiger partial charge on any atom is -0.406 e. The Labute approximate surface area is 111 Å². The number of halogens is 5. The lowest BCUT2D eigenvalue weighted by Gasteiger charge is -2.10. The molecular weight excluding hydrogens is 404 g/mol. The fourth-order valence-corrected chi connectivity index (χ4v) is 2.08. The van der Waals surface area contributed by atoms with E-state index in [-0.39, 0.29) is 16.9 Å². The third kappa shape index (κ3) is 3.93. The van der Waals surface area contributed by atoms with Gasteiger partial charge in [0.1, 0.15) is 5.75 Å². The highest BCUT2D eigenvalue weighted by Crippen LogP contribution is 2.26. The van der Waals surface area contributed by atoms with Gasteiger partial charge in [-0.3, -0.25) is 4.79 Å². The lowest BCUT2D eigenvalue weighted by molar-refractivity contribution is -0.274. The van der Waals surface area contributed by atoms with E-state index in [0.29, 0.717) is 9.13 Å². The first-order valence-electron chi connectivity index (χ1n) is 3.98. The summed E-state index contributed by atoms with van der Waals surface area (Å²) in [4.78, 5) is 11.3. The molecule has 0 fully saturated rings. The highest BCUT2D eigenvalue weighted by molar-refractivity contribution is 14.1. The summed E-state index contributed by atoms with van der Waals surface area (Å²) in [6.45, 7) is 0. The van der Waals surface area contributed by atoms with Crippen molar-refractivity contribution >= 4 is 44.3 Å². The molecule has 0 aromatic heterocycles. The van der Waals surface area contributed by atoms with Crippen molar-refractivity contribution in [2.24, 2.45) is 0 Å². The topological polar surface area (TPSA) is 26.3 Å². The molecule has 0 spiro atoms. The number of Topliss-reactive ketones (excluding diaryl/α,β-unsaturated/α-hetero) is 1. The van der Waals surface area contributed by atoms with Crippen molar-refractivity contribution in [3.05, 3.63) is 27.3 Å². The molecule has 0 N–H and O–H groups in total. The Balaban J connectivity index is 2.96. The van der Waals surface area contributed by atoms with Crippen molar-refractivity contribution in [3.8, 4) is 5.75 Å². The largest absolute Gasteiger partial charge is 0.573 e. The minimum absolute atomic E-state index is 0.127. The van der Waals surface area contributed by atoms with Crippen LogP contribution in [0.15, 0.2) is 18.2 Å². The summed E-state index contributed by atoms with van der Waals surface area (Å²) in [6, 6.07) is 3.60. The number of carbonyl (C=O) groups excluding carboxylic acids is 1. The van der Waals surface area contributed by atoms with E-state index >= 15 is 0 Å². The molecule has 0 unspecified atom stereocenters. The van der Waals surface area contributed by atoms with Gasteiger partial charge in [0.05, 0.1) is 5.33 Å². The first-order valence-corrected chi connectivity index (χ1v) is 6.18. The molecule has 1 rings (SSSR count). The summed E-state index contributed by atoms with van der Waals surface area (Å²) < 4.78 is 39.8. The molecule has 0 radical (unpaired) electrons. The van der Waals surface area contributed by atoms with Crippen LogP contribution in [-0.4, -0.2) is 17.5 Å². The van der Waals surface area contributed by atoms with Gasteiger partial charge in [-0.2, -0.15) is 0 Å². The molecule has 2 nitrogen and oxygen atoms in total. The number of ether oxygens (including phenoxy) is 1. The van der Waals surface area contributed by atoms with Gasteiger partial charge in [-0.05, 0) is 40.8 Å². The highest BCUT2D eigenvalue weighted by Gasteiger charge is 2.31. The van der Waals surface area contributed by atoms with Crippen LogP contribution in [0.2, 0.25) is 0 Å². The van der Waals surface area contributed by atoms with E-state index in [4.69, 9.17) is 0 Å². The Hall–Kier alpha value is -0.310. The molecule has 0 bridgehead atoms. The van der Waals surface area contributed by atoms with Gasteiger partial charge >= 0.3 is 6.36 Å². The summed E-state index contributed by atoms with van der Waals surface area (Å²) in [7, 11) is 0. The summed E-state index contributed by atoms with van der Waals surface area (Å²) in [5.74, 6) is -0.522. The normalized spacial score (nSPS) is 11.3. The first kappa shape index (κ1) is 13.8. The Kier molecular flexibility index (Phi) is 4.60. The van der Waals surface area contributed by atoms with Gasteiger partial charge in [-0.25, -0.2) is 0 Å². The monoisotopic (exact) mass is 408 g/mol. The molecule has 0 atom stereocenters. The minimum atomic E-state index is -4.72. The van der Waals surface area contributed by atoms with Crippen LogP contribution in [0.4, 0.5) is 13.2 Å². The predicted molar refractivity (Wildman–Crippen MR) is 64.0 cm³/mol. The molecule has 0 amide bonds. The number of ketones is 1. The van der Waals surface area contributed by atoms with E-state index in [1.807, 2.05) is 0 Å². The summed E-state index contributed by atoms with van der Waals surface area (Å²) in [5.41, 5.74) is 0.368. The van der Waals surface area contributed by atoms with Gasteiger partial charge in [0.15, 0.2) is 5.78 Å². The van der Waals surface area contributed by atoms with Gasteiger partial charge in [-0.15, -0.1) is 13.2 Å². The van der Waals surface area contributed by atoms with Crippen LogP contribution in [-0.2, 0) is 0 Å². The van der Waals surface area contributed by atoms with E-state index in [9.17, 15) is 18.0 Å². The van der Waals surface area contributed by atoms with Crippen molar-refractivity contribution < 1.29 is 22.7 Å². The Bertz CT molecular complexity index is 406. The van der Waals surface area contributed by atoms with Gasteiger partial charge in [-0.1, -0.05) is 15.9 Å². The zero-order valence-corrected chi connectivity index (χ0v) is 11.4. The molecule has 0 aliphatic carbocycles. The van der Waals surface area contributed by atoms with Gasteiger partial charge in [0.25, 0.3) is 0 Å². The molecule has 1 aromatic rings. The Morgan fingerprint density at radius 2 is 2.06 bits per heavy atom. The molecular formula is C9H5BrF3IO2. The number of carbonyl (C=O) groups is 1. The third-order valence-corrected chi connectivity index (χ3v) is 3.00. The standard InChI is InChI=1S/C9H5BrF3IO2/c10-4-8(15)6-2-1-5(3-7(6)14)16-9(11,12)13/h1-3H,4H2. The molecule has 0 saturated heterocycles. The maximum atomic E-state index is 11.9. The van der Waals surface area contributed by atoms with E-state index in [2.05, 4.69) is 20.7 Å². The fraction of sp³-hybridized carbons (Fsp3) is 0.222. The number of hydrogen-bond acceptors (Lipinski definition) is 2. The van der Waals surface area contributed by atoms with Crippen LogP contribution in [0.1, 0.15) is 10.4 Å². The summed E-state index contributed by atoms with van der Waals surface area (Å²) in [6.07, 6.45) is -4.72. The SMILES string of the molecule is O=C(CBr)c1ccc(OC(F)(F)F)cc1I. The molecule has 0 aliphatic rings. The fourth-order valence-electron chi connectivity index (χ4n) is 0.991. The highest BCUT2D eigenvalue weighted by atomic mass is 127. The van der Waals surface area contributed by atoms with E-state index in [1.54, 1.807) is 22.6 Å². The molecule has 1 aromatic carbocycles.